The highest BCUT2D eigenvalue weighted by atomic mass is 35.5. The van der Waals surface area contributed by atoms with E-state index in [2.05, 4.69) is 5.32 Å². The van der Waals surface area contributed by atoms with Gasteiger partial charge in [-0.15, -0.1) is 0 Å². The molecule has 7 heteroatoms. The molecule has 3 aromatic rings. The van der Waals surface area contributed by atoms with E-state index in [-0.39, 0.29) is 25.0 Å². The molecule has 3 aromatic carbocycles. The lowest BCUT2D eigenvalue weighted by Gasteiger charge is -2.31. The molecule has 0 fully saturated rings. The second kappa shape index (κ2) is 11.6. The molecule has 3 rings (SSSR count). The van der Waals surface area contributed by atoms with E-state index >= 15 is 0 Å². The van der Waals surface area contributed by atoms with Gasteiger partial charge < -0.3 is 15.0 Å². The van der Waals surface area contributed by atoms with Crippen molar-refractivity contribution < 1.29 is 14.3 Å². The highest BCUT2D eigenvalue weighted by Gasteiger charge is 2.30. The van der Waals surface area contributed by atoms with Crippen LogP contribution < -0.4 is 10.1 Å². The summed E-state index contributed by atoms with van der Waals surface area (Å²) in [6.07, 6.45) is 0.359. The number of benzene rings is 3. The zero-order valence-corrected chi connectivity index (χ0v) is 19.1. The summed E-state index contributed by atoms with van der Waals surface area (Å²) in [7, 11) is 1.56. The van der Waals surface area contributed by atoms with E-state index in [4.69, 9.17) is 27.9 Å². The number of ether oxygens (including phenoxy) is 1. The van der Waals surface area contributed by atoms with Crippen molar-refractivity contribution in [2.75, 3.05) is 13.7 Å². The van der Waals surface area contributed by atoms with Gasteiger partial charge >= 0.3 is 0 Å². The number of hydrogen-bond donors (Lipinski definition) is 1. The van der Waals surface area contributed by atoms with Crippen molar-refractivity contribution in [1.29, 1.82) is 0 Å². The van der Waals surface area contributed by atoms with Crippen LogP contribution in [-0.2, 0) is 22.6 Å². The average Bonchev–Trinajstić information content (AvgIpc) is 2.82. The molecule has 0 aromatic heterocycles. The Morgan fingerprint density at radius 3 is 2.25 bits per heavy atom. The molecule has 0 unspecified atom stereocenters. The van der Waals surface area contributed by atoms with Crippen molar-refractivity contribution in [3.05, 3.63) is 100 Å². The molecule has 0 aliphatic rings. The van der Waals surface area contributed by atoms with Gasteiger partial charge in [0.1, 0.15) is 11.8 Å². The molecule has 0 spiro atoms. The maximum Gasteiger partial charge on any atom is 0.261 e. The lowest BCUT2D eigenvalue weighted by molar-refractivity contribution is -0.142. The maximum absolute atomic E-state index is 13.3. The van der Waals surface area contributed by atoms with Crippen molar-refractivity contribution in [1.82, 2.24) is 10.2 Å². The second-order valence-corrected chi connectivity index (χ2v) is 8.02. The van der Waals surface area contributed by atoms with Gasteiger partial charge in [0.15, 0.2) is 6.61 Å². The molecule has 0 saturated heterocycles. The molecule has 0 aliphatic heterocycles. The summed E-state index contributed by atoms with van der Waals surface area (Å²) in [6.45, 7) is -0.0538. The van der Waals surface area contributed by atoms with Gasteiger partial charge in [0.05, 0.1) is 0 Å². The Labute approximate surface area is 197 Å². The van der Waals surface area contributed by atoms with Crippen LogP contribution in [0.2, 0.25) is 10.0 Å². The van der Waals surface area contributed by atoms with Crippen LogP contribution in [0.3, 0.4) is 0 Å². The highest BCUT2D eigenvalue weighted by Crippen LogP contribution is 2.21. The molecule has 0 radical (unpaired) electrons. The molecule has 2 amide bonds. The summed E-state index contributed by atoms with van der Waals surface area (Å²) in [5, 5.41) is 3.78. The molecule has 32 heavy (non-hydrogen) atoms. The number of carbonyl (C=O) groups is 2. The summed E-state index contributed by atoms with van der Waals surface area (Å²) in [5.41, 5.74) is 1.69. The topological polar surface area (TPSA) is 58.6 Å². The van der Waals surface area contributed by atoms with E-state index in [1.165, 1.54) is 4.90 Å². The van der Waals surface area contributed by atoms with Crippen molar-refractivity contribution in [2.45, 2.75) is 19.0 Å². The standard InChI is InChI=1S/C25H24Cl2N2O3/c1-28-25(31)23(15-18-7-3-2-4-8-18)29(16-19-9-5-6-10-22(19)27)24(30)17-32-21-13-11-20(26)12-14-21/h2-14,23H,15-17H2,1H3,(H,28,31)/t23-/m0/s1. The van der Waals surface area contributed by atoms with Crippen LogP contribution in [0.4, 0.5) is 0 Å². The summed E-state index contributed by atoms with van der Waals surface area (Å²) in [4.78, 5) is 27.7. The lowest BCUT2D eigenvalue weighted by Crippen LogP contribution is -2.51. The van der Waals surface area contributed by atoms with Crippen LogP contribution in [0.5, 0.6) is 5.75 Å². The average molecular weight is 471 g/mol. The Morgan fingerprint density at radius 1 is 0.938 bits per heavy atom. The Hall–Kier alpha value is -3.02. The lowest BCUT2D eigenvalue weighted by atomic mass is 10.0. The van der Waals surface area contributed by atoms with E-state index in [1.807, 2.05) is 48.5 Å². The number of nitrogens with zero attached hydrogens (tertiary/aromatic N) is 1. The van der Waals surface area contributed by atoms with E-state index in [9.17, 15) is 9.59 Å². The molecular formula is C25H24Cl2N2O3. The summed E-state index contributed by atoms with van der Waals surface area (Å²) in [5.74, 6) is -0.0786. The molecule has 166 valence electrons. The van der Waals surface area contributed by atoms with Crippen LogP contribution in [0.15, 0.2) is 78.9 Å². The largest absolute Gasteiger partial charge is 0.484 e. The zero-order valence-electron chi connectivity index (χ0n) is 17.6. The predicted molar refractivity (Wildman–Crippen MR) is 127 cm³/mol. The third kappa shape index (κ3) is 6.49. The minimum Gasteiger partial charge on any atom is -0.484 e. The number of nitrogens with one attached hydrogen (secondary N) is 1. The van der Waals surface area contributed by atoms with Crippen LogP contribution in [-0.4, -0.2) is 36.4 Å². The van der Waals surface area contributed by atoms with Gasteiger partial charge in [0.2, 0.25) is 5.91 Å². The Balaban J connectivity index is 1.87. The van der Waals surface area contributed by atoms with Crippen LogP contribution in [0.25, 0.3) is 0 Å². The van der Waals surface area contributed by atoms with Gasteiger partial charge in [-0.05, 0) is 41.5 Å². The first-order valence-electron chi connectivity index (χ1n) is 10.1. The normalized spacial score (nSPS) is 11.5. The fourth-order valence-corrected chi connectivity index (χ4v) is 3.61. The van der Waals surface area contributed by atoms with E-state index in [0.717, 1.165) is 11.1 Å². The molecule has 0 bridgehead atoms. The predicted octanol–water partition coefficient (Wildman–Crippen LogP) is 4.76. The number of halogens is 2. The molecule has 1 N–H and O–H groups in total. The van der Waals surface area contributed by atoms with Crippen LogP contribution >= 0.6 is 23.2 Å². The number of likely N-dealkylation sites (N-methyl/N-ethyl adjacent to an activating group) is 1. The monoisotopic (exact) mass is 470 g/mol. The first kappa shape index (κ1) is 23.6. The smallest absolute Gasteiger partial charge is 0.261 e. The number of rotatable bonds is 9. The van der Waals surface area contributed by atoms with Gasteiger partial charge in [0, 0.05) is 30.1 Å². The van der Waals surface area contributed by atoms with Gasteiger partial charge in [-0.1, -0.05) is 71.7 Å². The summed E-state index contributed by atoms with van der Waals surface area (Å²) < 4.78 is 5.67. The van der Waals surface area contributed by atoms with Crippen molar-refractivity contribution in [2.24, 2.45) is 0 Å². The van der Waals surface area contributed by atoms with E-state index in [0.29, 0.717) is 22.2 Å². The first-order valence-corrected chi connectivity index (χ1v) is 10.9. The molecule has 1 atom stereocenters. The first-order chi connectivity index (χ1) is 15.5. The minimum atomic E-state index is -0.736. The molecular weight excluding hydrogens is 447 g/mol. The number of hydrogen-bond acceptors (Lipinski definition) is 3. The number of amides is 2. The molecule has 0 saturated carbocycles. The van der Waals surface area contributed by atoms with Crippen molar-refractivity contribution in [3.63, 3.8) is 0 Å². The quantitative estimate of drug-likeness (QED) is 0.490. The van der Waals surface area contributed by atoms with Crippen molar-refractivity contribution >= 4 is 35.0 Å². The Morgan fingerprint density at radius 2 is 1.59 bits per heavy atom. The zero-order chi connectivity index (χ0) is 22.9. The van der Waals surface area contributed by atoms with Gasteiger partial charge in [-0.3, -0.25) is 9.59 Å². The number of carbonyl (C=O) groups excluding carboxylic acids is 2. The van der Waals surface area contributed by atoms with Gasteiger partial charge in [0.25, 0.3) is 5.91 Å². The SMILES string of the molecule is CNC(=O)[C@H](Cc1ccccc1)N(Cc1ccccc1Cl)C(=O)COc1ccc(Cl)cc1. The summed E-state index contributed by atoms with van der Waals surface area (Å²) >= 11 is 12.3. The third-order valence-electron chi connectivity index (χ3n) is 4.99. The van der Waals surface area contributed by atoms with Crippen LogP contribution in [0.1, 0.15) is 11.1 Å². The minimum absolute atomic E-state index is 0.174. The van der Waals surface area contributed by atoms with Crippen LogP contribution in [0, 0.1) is 0 Å². The molecule has 5 nitrogen and oxygen atoms in total. The van der Waals surface area contributed by atoms with Gasteiger partial charge in [-0.2, -0.15) is 0 Å². The third-order valence-corrected chi connectivity index (χ3v) is 5.61. The summed E-state index contributed by atoms with van der Waals surface area (Å²) in [6, 6.07) is 22.9. The molecule has 0 heterocycles. The maximum atomic E-state index is 13.3. The van der Waals surface area contributed by atoms with Gasteiger partial charge in [-0.25, -0.2) is 0 Å². The fraction of sp³-hybridized carbons (Fsp3) is 0.200. The molecule has 0 aliphatic carbocycles. The van der Waals surface area contributed by atoms with E-state index in [1.54, 1.807) is 37.4 Å². The highest BCUT2D eigenvalue weighted by molar-refractivity contribution is 6.31. The second-order valence-electron chi connectivity index (χ2n) is 7.18. The van der Waals surface area contributed by atoms with Crippen molar-refractivity contribution in [3.8, 4) is 5.75 Å². The fourth-order valence-electron chi connectivity index (χ4n) is 3.29. The Bertz CT molecular complexity index is 1040. The van der Waals surface area contributed by atoms with E-state index < -0.39 is 6.04 Å². The Kier molecular flexibility index (Phi) is 8.54.